The van der Waals surface area contributed by atoms with Crippen LogP contribution in [-0.4, -0.2) is 307 Å². The molecular formula is C67H97N15O24S. The van der Waals surface area contributed by atoms with Crippen LogP contribution < -0.4 is 47.4 Å². The molecule has 0 saturated carbocycles. The molecule has 0 bridgehead atoms. The number of amides is 6. The number of carbonyl (C=O) groups is 12. The third-order valence-corrected chi connectivity index (χ3v) is 18.2. The number of carboxylic acid groups (broad SMARTS) is 6. The number of pyridine rings is 1. The van der Waals surface area contributed by atoms with Crippen molar-refractivity contribution in [2.45, 2.75) is 102 Å². The number of aryl methyl sites for hydroxylation is 4. The summed E-state index contributed by atoms with van der Waals surface area (Å²) in [5.41, 5.74) is 1.80. The number of sulfonamides is 1. The van der Waals surface area contributed by atoms with E-state index in [-0.39, 0.29) is 166 Å². The minimum absolute atomic E-state index is 0.0291. The predicted octanol–water partition coefficient (Wildman–Crippen LogP) is -2.83. The Morgan fingerprint density at radius 1 is 0.561 bits per heavy atom. The largest absolute Gasteiger partial charge is 0.481 e. The van der Waals surface area contributed by atoms with Crippen LogP contribution in [0.3, 0.4) is 0 Å². The zero-order valence-electron chi connectivity index (χ0n) is 59.9. The van der Waals surface area contributed by atoms with Crippen molar-refractivity contribution >= 4 is 98.1 Å². The van der Waals surface area contributed by atoms with Crippen LogP contribution in [0.25, 0.3) is 10.9 Å². The third-order valence-electron chi connectivity index (χ3n) is 16.5. The van der Waals surface area contributed by atoms with Gasteiger partial charge in [0.05, 0.1) is 75.9 Å². The Morgan fingerprint density at radius 3 is 1.53 bits per heavy atom. The molecular weight excluding hydrogens is 1430 g/mol. The lowest BCUT2D eigenvalue weighted by Crippen LogP contribution is -2.56. The average Bonchev–Trinajstić information content (AvgIpc) is 0.910. The van der Waals surface area contributed by atoms with Gasteiger partial charge >= 0.3 is 35.8 Å². The van der Waals surface area contributed by atoms with Crippen LogP contribution in [-0.2, 0) is 90.1 Å². The fourth-order valence-electron chi connectivity index (χ4n) is 11.3. The number of rotatable bonds is 47. The second-order valence-electron chi connectivity index (χ2n) is 25.2. The van der Waals surface area contributed by atoms with Crippen molar-refractivity contribution in [1.29, 1.82) is 0 Å². The minimum atomic E-state index is -4.38. The first-order valence-corrected chi connectivity index (χ1v) is 36.0. The lowest BCUT2D eigenvalue weighted by molar-refractivity contribution is -0.143. The van der Waals surface area contributed by atoms with Gasteiger partial charge in [0.25, 0.3) is 5.91 Å². The molecule has 1 aliphatic rings. The summed E-state index contributed by atoms with van der Waals surface area (Å²) in [7, 11) is -4.38. The maximum Gasteiger partial charge on any atom is 0.323 e. The van der Waals surface area contributed by atoms with E-state index in [0.717, 1.165) is 11.1 Å². The number of nitrogens with one attached hydrogen (secondary N) is 9. The molecule has 2 aromatic carbocycles. The van der Waals surface area contributed by atoms with Crippen LogP contribution in [0.2, 0.25) is 0 Å². The maximum absolute atomic E-state index is 13.9. The van der Waals surface area contributed by atoms with E-state index < -0.39 is 138 Å². The van der Waals surface area contributed by atoms with Gasteiger partial charge in [0.2, 0.25) is 45.0 Å². The summed E-state index contributed by atoms with van der Waals surface area (Å²) < 4.78 is 47.3. The number of nitrogens with zero attached hydrogens (tertiary/aromatic N) is 6. The van der Waals surface area contributed by atoms with Crippen molar-refractivity contribution in [3.8, 4) is 0 Å². The summed E-state index contributed by atoms with van der Waals surface area (Å²) in [6.07, 6.45) is 3.42. The SMILES string of the molecule is Cc1cc(C)c(S(=O)(=O)NC(CNC(=O)c2cn(CCCNC(=O)CCC(=O)NCCCOCCOCCOCCCNC(=O)C(CC(=O)O)NC(=O)C(CC(=O)O)NC(=O)CN3CCN(CC(=O)O)CCN(CC(=O)O)CCN(CC(=O)O)CC3)c3cc(CNc4ncc[nH]4)ccc3c2=O)C(=O)O)c(C)c1. The highest BCUT2D eigenvalue weighted by atomic mass is 32.2. The molecule has 1 saturated heterocycles. The van der Waals surface area contributed by atoms with Crippen molar-refractivity contribution in [2.24, 2.45) is 0 Å². The number of fused-ring (bicyclic) bond motifs is 1. The fourth-order valence-corrected chi connectivity index (χ4v) is 13.0. The number of hydrogen-bond acceptors (Lipinski definition) is 24. The topological polar surface area (TPSA) is 548 Å². The number of ether oxygens (including phenoxy) is 3. The molecule has 2 aromatic heterocycles. The first-order valence-electron chi connectivity index (χ1n) is 34.5. The molecule has 0 spiro atoms. The maximum atomic E-state index is 13.9. The van der Waals surface area contributed by atoms with Gasteiger partial charge in [-0.1, -0.05) is 23.8 Å². The van der Waals surface area contributed by atoms with Crippen LogP contribution in [0, 0.1) is 20.8 Å². The Morgan fingerprint density at radius 2 is 1.05 bits per heavy atom. The minimum Gasteiger partial charge on any atom is -0.481 e. The van der Waals surface area contributed by atoms with Crippen molar-refractivity contribution in [1.82, 2.24) is 70.8 Å². The number of aliphatic carboxylic acids is 6. The Balaban J connectivity index is 0.964. The van der Waals surface area contributed by atoms with E-state index in [9.17, 15) is 101 Å². The molecule has 1 aliphatic heterocycles. The van der Waals surface area contributed by atoms with Gasteiger partial charge in [-0.15, -0.1) is 0 Å². The second kappa shape index (κ2) is 45.4. The fraction of sp³-hybridized carbons (Fsp3) is 0.552. The van der Waals surface area contributed by atoms with E-state index in [1.807, 2.05) is 0 Å². The molecule has 15 N–H and O–H groups in total. The first-order chi connectivity index (χ1) is 50.9. The molecule has 4 aromatic rings. The van der Waals surface area contributed by atoms with E-state index in [0.29, 0.717) is 42.0 Å². The zero-order valence-corrected chi connectivity index (χ0v) is 60.7. The van der Waals surface area contributed by atoms with E-state index in [1.54, 1.807) is 73.0 Å². The molecule has 0 radical (unpaired) electrons. The van der Waals surface area contributed by atoms with Gasteiger partial charge in [0, 0.05) is 142 Å². The predicted molar refractivity (Wildman–Crippen MR) is 380 cm³/mol. The number of benzene rings is 2. The highest BCUT2D eigenvalue weighted by Gasteiger charge is 2.33. The number of anilines is 1. The zero-order chi connectivity index (χ0) is 78.6. The highest BCUT2D eigenvalue weighted by molar-refractivity contribution is 7.89. The van der Waals surface area contributed by atoms with Gasteiger partial charge in [-0.05, 0) is 68.9 Å². The number of hydrogen-bond donors (Lipinski definition) is 15. The molecule has 3 unspecified atom stereocenters. The van der Waals surface area contributed by atoms with E-state index in [1.165, 1.54) is 20.9 Å². The van der Waals surface area contributed by atoms with Gasteiger partial charge in [-0.2, -0.15) is 4.72 Å². The average molecular weight is 1530 g/mol. The lowest BCUT2D eigenvalue weighted by atomic mass is 10.1. The molecule has 40 heteroatoms. The Labute approximate surface area is 615 Å². The Bertz CT molecular complexity index is 3820. The van der Waals surface area contributed by atoms with Crippen molar-refractivity contribution < 1.29 is 111 Å². The molecule has 3 atom stereocenters. The van der Waals surface area contributed by atoms with Crippen molar-refractivity contribution in [3.63, 3.8) is 0 Å². The number of aromatic nitrogens is 3. The van der Waals surface area contributed by atoms with Crippen LogP contribution in [0.1, 0.15) is 77.6 Å². The summed E-state index contributed by atoms with van der Waals surface area (Å²) in [6.45, 7) is 5.23. The third kappa shape index (κ3) is 32.7. The summed E-state index contributed by atoms with van der Waals surface area (Å²) >= 11 is 0. The van der Waals surface area contributed by atoms with E-state index in [2.05, 4.69) is 51.9 Å². The number of carboxylic acids is 6. The van der Waals surface area contributed by atoms with Gasteiger partial charge in [0.1, 0.15) is 23.7 Å². The van der Waals surface area contributed by atoms with Crippen molar-refractivity contribution in [2.75, 3.05) is 150 Å². The normalized spacial score (nSPS) is 14.4. The molecule has 590 valence electrons. The van der Waals surface area contributed by atoms with E-state index in [4.69, 9.17) is 14.2 Å². The van der Waals surface area contributed by atoms with Crippen LogP contribution >= 0.6 is 0 Å². The Kier molecular flexibility index (Phi) is 37.2. The second-order valence-corrected chi connectivity index (χ2v) is 26.9. The summed E-state index contributed by atoms with van der Waals surface area (Å²) in [6, 6.07) is 2.99. The van der Waals surface area contributed by atoms with E-state index >= 15 is 0 Å². The van der Waals surface area contributed by atoms with Crippen molar-refractivity contribution in [3.05, 3.63) is 87.0 Å². The summed E-state index contributed by atoms with van der Waals surface area (Å²) in [4.78, 5) is 177. The van der Waals surface area contributed by atoms with Crippen LogP contribution in [0.5, 0.6) is 0 Å². The lowest BCUT2D eigenvalue weighted by Gasteiger charge is -2.33. The molecule has 107 heavy (non-hydrogen) atoms. The van der Waals surface area contributed by atoms with Gasteiger partial charge in [-0.3, -0.25) is 81.9 Å². The first kappa shape index (κ1) is 87.6. The standard InChI is InChI=1S/C67H97N15O24S/c1-43-31-44(2)62(45(3)32-43)107(102,103)77-51(66(100)101)37-73-63(97)48-38-82(52-33-46(7-8-47(52)61(48)96)36-74-67-71-14-15-72-67)16-4-11-68-53(83)9-10-54(84)69-12-5-25-104-27-29-106-30-28-105-26-6-13-70-64(98)49(34-56(86)87)76-65(99)50(35-57(88)89)75-55(85)39-78-17-19-79(40-58(90)91)21-23-81(42-60(94)95)24-22-80(20-18-78)41-59(92)93/h7-8,14-15,31-33,38,49-51,77H,4-6,9-13,16-30,34-37,39-42H2,1-3H3,(H,68,83)(H,69,84)(H,70,98)(H,73,97)(H,75,85)(H,76,99)(H,86,87)(H,88,89)(H,90,91)(H,92,93)(H,94,95)(H,100,101)(H2,71,72,74). The number of H-pyrrole nitrogens is 1. The molecule has 1 fully saturated rings. The van der Waals surface area contributed by atoms with Gasteiger partial charge < -0.3 is 91.6 Å². The van der Waals surface area contributed by atoms with Crippen LogP contribution in [0.15, 0.2) is 58.6 Å². The highest BCUT2D eigenvalue weighted by Crippen LogP contribution is 2.23. The molecule has 39 nitrogen and oxygen atoms in total. The van der Waals surface area contributed by atoms with Gasteiger partial charge in [0.15, 0.2) is 5.95 Å². The number of imidazole rings is 1. The quantitative estimate of drug-likeness (QED) is 0.0198. The molecule has 0 aliphatic carbocycles. The van der Waals surface area contributed by atoms with Crippen LogP contribution in [0.4, 0.5) is 5.95 Å². The monoisotopic (exact) mass is 1530 g/mol. The number of aromatic amines is 1. The van der Waals surface area contributed by atoms with Gasteiger partial charge in [-0.25, -0.2) is 13.4 Å². The smallest absolute Gasteiger partial charge is 0.323 e. The molecule has 6 amide bonds. The number of carbonyl (C=O) groups excluding carboxylic acids is 6. The molecule has 5 rings (SSSR count). The molecule has 3 heterocycles. The summed E-state index contributed by atoms with van der Waals surface area (Å²) in [5.74, 6) is -12.3. The summed E-state index contributed by atoms with van der Waals surface area (Å²) in [5, 5.41) is 75.9. The Hall–Kier alpha value is -10.1.